The summed E-state index contributed by atoms with van der Waals surface area (Å²) in [6.07, 6.45) is 5.34. The average Bonchev–Trinajstić information content (AvgIpc) is 2.44. The number of halogens is 1. The SMILES string of the molecule is N=C(N)c1ccc(Cl)cc1OCCCc1ccncc1. The van der Waals surface area contributed by atoms with E-state index in [1.54, 1.807) is 30.6 Å². The van der Waals surface area contributed by atoms with E-state index in [1.807, 2.05) is 12.1 Å². The maximum atomic E-state index is 7.51. The second kappa shape index (κ2) is 6.91. The third-order valence-electron chi connectivity index (χ3n) is 2.85. The van der Waals surface area contributed by atoms with Crippen LogP contribution >= 0.6 is 11.6 Å². The van der Waals surface area contributed by atoms with E-state index in [1.165, 1.54) is 5.56 Å². The average molecular weight is 290 g/mol. The van der Waals surface area contributed by atoms with Gasteiger partial charge >= 0.3 is 0 Å². The predicted molar refractivity (Wildman–Crippen MR) is 80.5 cm³/mol. The Morgan fingerprint density at radius 2 is 2.00 bits per heavy atom. The number of rotatable bonds is 6. The van der Waals surface area contributed by atoms with Gasteiger partial charge in [0.05, 0.1) is 12.2 Å². The molecule has 1 aromatic carbocycles. The van der Waals surface area contributed by atoms with E-state index in [4.69, 9.17) is 27.5 Å². The number of aromatic nitrogens is 1. The van der Waals surface area contributed by atoms with Crippen LogP contribution in [0.1, 0.15) is 17.5 Å². The number of amidine groups is 1. The summed E-state index contributed by atoms with van der Waals surface area (Å²) in [7, 11) is 0. The number of pyridine rings is 1. The minimum Gasteiger partial charge on any atom is -0.493 e. The molecule has 0 saturated heterocycles. The molecule has 0 aliphatic rings. The zero-order valence-corrected chi connectivity index (χ0v) is 11.7. The predicted octanol–water partition coefficient (Wildman–Crippen LogP) is 3.03. The molecule has 0 saturated carbocycles. The van der Waals surface area contributed by atoms with E-state index in [2.05, 4.69) is 4.98 Å². The van der Waals surface area contributed by atoms with Crippen LogP contribution in [0.2, 0.25) is 5.02 Å². The van der Waals surface area contributed by atoms with Crippen molar-refractivity contribution in [3.63, 3.8) is 0 Å². The van der Waals surface area contributed by atoms with Crippen molar-refractivity contribution in [1.29, 1.82) is 5.41 Å². The van der Waals surface area contributed by atoms with E-state index < -0.39 is 0 Å². The minimum absolute atomic E-state index is 0.0224. The number of aryl methyl sites for hydroxylation is 1. The Morgan fingerprint density at radius 3 is 2.70 bits per heavy atom. The summed E-state index contributed by atoms with van der Waals surface area (Å²) in [4.78, 5) is 3.98. The van der Waals surface area contributed by atoms with Gasteiger partial charge in [0, 0.05) is 17.4 Å². The Kier molecular flexibility index (Phi) is 4.96. The third-order valence-corrected chi connectivity index (χ3v) is 3.09. The smallest absolute Gasteiger partial charge is 0.131 e. The Bertz CT molecular complexity index is 587. The quantitative estimate of drug-likeness (QED) is 0.488. The molecule has 104 valence electrons. The Hall–Kier alpha value is -2.07. The monoisotopic (exact) mass is 289 g/mol. The minimum atomic E-state index is -0.0224. The zero-order valence-electron chi connectivity index (χ0n) is 11.0. The largest absolute Gasteiger partial charge is 0.493 e. The van der Waals surface area contributed by atoms with Crippen molar-refractivity contribution in [2.45, 2.75) is 12.8 Å². The lowest BCUT2D eigenvalue weighted by molar-refractivity contribution is 0.310. The van der Waals surface area contributed by atoms with Crippen LogP contribution in [0.25, 0.3) is 0 Å². The molecule has 4 nitrogen and oxygen atoms in total. The molecular formula is C15H16ClN3O. The molecule has 1 heterocycles. The van der Waals surface area contributed by atoms with Crippen molar-refractivity contribution in [3.8, 4) is 5.75 Å². The first-order valence-electron chi connectivity index (χ1n) is 6.32. The summed E-state index contributed by atoms with van der Waals surface area (Å²) < 4.78 is 5.68. The maximum Gasteiger partial charge on any atom is 0.131 e. The fourth-order valence-electron chi connectivity index (χ4n) is 1.85. The van der Waals surface area contributed by atoms with Crippen molar-refractivity contribution in [2.75, 3.05) is 6.61 Å². The van der Waals surface area contributed by atoms with Gasteiger partial charge in [-0.3, -0.25) is 10.4 Å². The van der Waals surface area contributed by atoms with Crippen LogP contribution in [0.15, 0.2) is 42.7 Å². The molecule has 0 spiro atoms. The van der Waals surface area contributed by atoms with E-state index in [9.17, 15) is 0 Å². The highest BCUT2D eigenvalue weighted by Gasteiger charge is 2.07. The summed E-state index contributed by atoms with van der Waals surface area (Å²) >= 11 is 5.93. The Morgan fingerprint density at radius 1 is 1.25 bits per heavy atom. The zero-order chi connectivity index (χ0) is 14.4. The molecule has 2 rings (SSSR count). The van der Waals surface area contributed by atoms with E-state index in [0.29, 0.717) is 22.9 Å². The van der Waals surface area contributed by atoms with Gasteiger partial charge in [0.1, 0.15) is 11.6 Å². The van der Waals surface area contributed by atoms with Crippen LogP contribution in [0.5, 0.6) is 5.75 Å². The normalized spacial score (nSPS) is 10.2. The maximum absolute atomic E-state index is 7.51. The topological polar surface area (TPSA) is 72.0 Å². The first-order valence-corrected chi connectivity index (χ1v) is 6.70. The van der Waals surface area contributed by atoms with E-state index in [-0.39, 0.29) is 5.84 Å². The van der Waals surface area contributed by atoms with E-state index >= 15 is 0 Å². The molecule has 20 heavy (non-hydrogen) atoms. The highest BCUT2D eigenvalue weighted by atomic mass is 35.5. The van der Waals surface area contributed by atoms with Gasteiger partial charge in [-0.05, 0) is 48.7 Å². The fourth-order valence-corrected chi connectivity index (χ4v) is 2.01. The lowest BCUT2D eigenvalue weighted by Crippen LogP contribution is -2.13. The number of hydrogen-bond donors (Lipinski definition) is 2. The molecule has 0 fully saturated rings. The van der Waals surface area contributed by atoms with Crippen LogP contribution in [-0.2, 0) is 6.42 Å². The van der Waals surface area contributed by atoms with Gasteiger partial charge in [-0.2, -0.15) is 0 Å². The molecule has 1 aromatic heterocycles. The van der Waals surface area contributed by atoms with Crippen molar-refractivity contribution in [3.05, 3.63) is 58.9 Å². The van der Waals surface area contributed by atoms with Gasteiger partial charge in [0.2, 0.25) is 0 Å². The molecule has 0 aliphatic carbocycles. The van der Waals surface area contributed by atoms with Crippen molar-refractivity contribution in [2.24, 2.45) is 5.73 Å². The fraction of sp³-hybridized carbons (Fsp3) is 0.200. The van der Waals surface area contributed by atoms with Crippen LogP contribution in [0.4, 0.5) is 0 Å². The summed E-state index contributed by atoms with van der Waals surface area (Å²) in [6.45, 7) is 0.545. The summed E-state index contributed by atoms with van der Waals surface area (Å²) in [6, 6.07) is 9.05. The standard InChI is InChI=1S/C15H16ClN3O/c16-12-3-4-13(15(17)18)14(10-12)20-9-1-2-11-5-7-19-8-6-11/h3-8,10H,1-2,9H2,(H3,17,18). The summed E-state index contributed by atoms with van der Waals surface area (Å²) in [5, 5.41) is 8.08. The van der Waals surface area contributed by atoms with Crippen LogP contribution in [0, 0.1) is 5.41 Å². The molecule has 0 aliphatic heterocycles. The van der Waals surface area contributed by atoms with Gasteiger partial charge in [-0.25, -0.2) is 0 Å². The molecule has 0 amide bonds. The van der Waals surface area contributed by atoms with Gasteiger partial charge in [-0.15, -0.1) is 0 Å². The van der Waals surface area contributed by atoms with Crippen molar-refractivity contribution in [1.82, 2.24) is 4.98 Å². The molecular weight excluding hydrogens is 274 g/mol. The number of benzene rings is 1. The highest BCUT2D eigenvalue weighted by molar-refractivity contribution is 6.30. The Balaban J connectivity index is 1.91. The molecule has 5 heteroatoms. The van der Waals surface area contributed by atoms with Crippen LogP contribution in [-0.4, -0.2) is 17.4 Å². The summed E-state index contributed by atoms with van der Waals surface area (Å²) in [5.41, 5.74) is 7.30. The first kappa shape index (κ1) is 14.3. The van der Waals surface area contributed by atoms with Gasteiger partial charge < -0.3 is 10.5 Å². The van der Waals surface area contributed by atoms with Crippen molar-refractivity contribution < 1.29 is 4.74 Å². The van der Waals surface area contributed by atoms with Gasteiger partial charge in [0.15, 0.2) is 0 Å². The Labute approximate surface area is 123 Å². The first-order chi connectivity index (χ1) is 9.66. The van der Waals surface area contributed by atoms with E-state index in [0.717, 1.165) is 12.8 Å². The number of nitrogens with one attached hydrogen (secondary N) is 1. The van der Waals surface area contributed by atoms with Gasteiger partial charge in [0.25, 0.3) is 0 Å². The molecule has 3 N–H and O–H groups in total. The second-order valence-corrected chi connectivity index (χ2v) is 4.80. The number of nitrogen functional groups attached to an aromatic ring is 1. The lowest BCUT2D eigenvalue weighted by atomic mass is 10.1. The molecule has 0 radical (unpaired) electrons. The molecule has 0 bridgehead atoms. The second-order valence-electron chi connectivity index (χ2n) is 4.36. The summed E-state index contributed by atoms with van der Waals surface area (Å²) in [5.74, 6) is 0.533. The van der Waals surface area contributed by atoms with Crippen LogP contribution < -0.4 is 10.5 Å². The number of hydrogen-bond acceptors (Lipinski definition) is 3. The number of ether oxygens (including phenoxy) is 1. The van der Waals surface area contributed by atoms with Crippen molar-refractivity contribution >= 4 is 17.4 Å². The van der Waals surface area contributed by atoms with Crippen LogP contribution in [0.3, 0.4) is 0 Å². The third kappa shape index (κ3) is 3.96. The number of nitrogens with zero attached hydrogens (tertiary/aromatic N) is 1. The lowest BCUT2D eigenvalue weighted by Gasteiger charge is -2.11. The molecule has 0 atom stereocenters. The molecule has 2 aromatic rings. The number of nitrogens with two attached hydrogens (primary N) is 1. The van der Waals surface area contributed by atoms with Gasteiger partial charge in [-0.1, -0.05) is 11.6 Å². The molecule has 0 unspecified atom stereocenters. The highest BCUT2D eigenvalue weighted by Crippen LogP contribution is 2.23.